The molecule has 0 spiro atoms. The van der Waals surface area contributed by atoms with Gasteiger partial charge in [-0.3, -0.25) is 4.98 Å². The van der Waals surface area contributed by atoms with E-state index in [4.69, 9.17) is 0 Å². The highest BCUT2D eigenvalue weighted by Gasteiger charge is 2.01. The van der Waals surface area contributed by atoms with Crippen molar-refractivity contribution in [3.63, 3.8) is 0 Å². The van der Waals surface area contributed by atoms with Gasteiger partial charge in [-0.1, -0.05) is 19.9 Å². The molecule has 0 atom stereocenters. The SMILES string of the molecule is CCCn1ccc(CNCc2ncccc2CC)c1. The van der Waals surface area contributed by atoms with E-state index in [1.165, 1.54) is 17.5 Å². The van der Waals surface area contributed by atoms with Crippen LogP contribution in [0.5, 0.6) is 0 Å². The molecule has 0 unspecified atom stereocenters. The lowest BCUT2D eigenvalue weighted by atomic mass is 10.1. The molecule has 19 heavy (non-hydrogen) atoms. The van der Waals surface area contributed by atoms with Gasteiger partial charge >= 0.3 is 0 Å². The predicted octanol–water partition coefficient (Wildman–Crippen LogP) is 3.15. The number of nitrogens with zero attached hydrogens (tertiary/aromatic N) is 2. The summed E-state index contributed by atoms with van der Waals surface area (Å²) >= 11 is 0. The lowest BCUT2D eigenvalue weighted by molar-refractivity contribution is 0.659. The number of aromatic nitrogens is 2. The first-order chi connectivity index (χ1) is 9.33. The molecule has 3 nitrogen and oxygen atoms in total. The lowest BCUT2D eigenvalue weighted by Gasteiger charge is -2.07. The van der Waals surface area contributed by atoms with Crippen molar-refractivity contribution < 1.29 is 0 Å². The number of nitrogens with one attached hydrogen (secondary N) is 1. The monoisotopic (exact) mass is 257 g/mol. The molecular formula is C16H23N3. The standard InChI is InChI=1S/C16H23N3/c1-3-9-19-10-7-14(13-19)11-17-12-16-15(4-2)6-5-8-18-16/h5-8,10,13,17H,3-4,9,11-12H2,1-2H3. The van der Waals surface area contributed by atoms with Crippen LogP contribution in [0.2, 0.25) is 0 Å². The zero-order chi connectivity index (χ0) is 13.5. The van der Waals surface area contributed by atoms with Gasteiger partial charge in [-0.05, 0) is 36.1 Å². The van der Waals surface area contributed by atoms with Crippen LogP contribution in [0.4, 0.5) is 0 Å². The molecule has 2 aromatic rings. The van der Waals surface area contributed by atoms with Crippen molar-refractivity contribution in [2.45, 2.75) is 46.3 Å². The molecule has 0 amide bonds. The molecule has 102 valence electrons. The summed E-state index contributed by atoms with van der Waals surface area (Å²) in [6, 6.07) is 6.34. The highest BCUT2D eigenvalue weighted by molar-refractivity contribution is 5.19. The summed E-state index contributed by atoms with van der Waals surface area (Å²) in [5.74, 6) is 0. The van der Waals surface area contributed by atoms with E-state index >= 15 is 0 Å². The van der Waals surface area contributed by atoms with E-state index in [-0.39, 0.29) is 0 Å². The highest BCUT2D eigenvalue weighted by Crippen LogP contribution is 2.07. The Balaban J connectivity index is 1.85. The molecular weight excluding hydrogens is 234 g/mol. The van der Waals surface area contributed by atoms with Gasteiger partial charge in [0.1, 0.15) is 0 Å². The predicted molar refractivity (Wildman–Crippen MR) is 78.9 cm³/mol. The molecule has 2 aromatic heterocycles. The van der Waals surface area contributed by atoms with Gasteiger partial charge in [0, 0.05) is 38.2 Å². The topological polar surface area (TPSA) is 29.9 Å². The van der Waals surface area contributed by atoms with Crippen LogP contribution in [0.15, 0.2) is 36.8 Å². The van der Waals surface area contributed by atoms with Crippen molar-refractivity contribution in [3.05, 3.63) is 53.6 Å². The van der Waals surface area contributed by atoms with Crippen LogP contribution in [-0.2, 0) is 26.1 Å². The first-order valence-electron chi connectivity index (χ1n) is 7.11. The van der Waals surface area contributed by atoms with Crippen molar-refractivity contribution in [3.8, 4) is 0 Å². The van der Waals surface area contributed by atoms with Crippen LogP contribution < -0.4 is 5.32 Å². The molecule has 0 saturated heterocycles. The maximum absolute atomic E-state index is 4.45. The van der Waals surface area contributed by atoms with E-state index in [0.717, 1.165) is 31.7 Å². The van der Waals surface area contributed by atoms with Gasteiger partial charge < -0.3 is 9.88 Å². The summed E-state index contributed by atoms with van der Waals surface area (Å²) in [5.41, 5.74) is 3.83. The average Bonchev–Trinajstić information content (AvgIpc) is 2.87. The average molecular weight is 257 g/mol. The summed E-state index contributed by atoms with van der Waals surface area (Å²) in [5, 5.41) is 3.47. The highest BCUT2D eigenvalue weighted by atomic mass is 14.9. The van der Waals surface area contributed by atoms with Crippen LogP contribution in [-0.4, -0.2) is 9.55 Å². The smallest absolute Gasteiger partial charge is 0.0573 e. The normalized spacial score (nSPS) is 10.8. The van der Waals surface area contributed by atoms with Gasteiger partial charge in [0.2, 0.25) is 0 Å². The third kappa shape index (κ3) is 3.93. The summed E-state index contributed by atoms with van der Waals surface area (Å²) in [6.45, 7) is 7.20. The summed E-state index contributed by atoms with van der Waals surface area (Å²) in [7, 11) is 0. The van der Waals surface area contributed by atoms with Crippen molar-refractivity contribution >= 4 is 0 Å². The van der Waals surface area contributed by atoms with E-state index in [2.05, 4.69) is 53.2 Å². The Kier molecular flexibility index (Phi) is 5.16. The van der Waals surface area contributed by atoms with Gasteiger partial charge in [0.05, 0.1) is 5.69 Å². The number of hydrogen-bond donors (Lipinski definition) is 1. The molecule has 2 heterocycles. The first kappa shape index (κ1) is 13.8. The minimum absolute atomic E-state index is 0.836. The fourth-order valence-electron chi connectivity index (χ4n) is 2.27. The van der Waals surface area contributed by atoms with Crippen LogP contribution in [0.1, 0.15) is 37.1 Å². The molecule has 0 aliphatic heterocycles. The molecule has 0 fully saturated rings. The number of rotatable bonds is 7. The quantitative estimate of drug-likeness (QED) is 0.826. The molecule has 2 rings (SSSR count). The van der Waals surface area contributed by atoms with Gasteiger partial charge in [0.15, 0.2) is 0 Å². The Bertz CT molecular complexity index is 502. The van der Waals surface area contributed by atoms with Crippen molar-refractivity contribution in [1.29, 1.82) is 0 Å². The second kappa shape index (κ2) is 7.10. The Labute approximate surface area is 115 Å². The second-order valence-electron chi connectivity index (χ2n) is 4.82. The third-order valence-electron chi connectivity index (χ3n) is 3.28. The van der Waals surface area contributed by atoms with Crippen LogP contribution in [0.25, 0.3) is 0 Å². The molecule has 3 heteroatoms. The lowest BCUT2D eigenvalue weighted by Crippen LogP contribution is -2.14. The Hall–Kier alpha value is -1.61. The maximum Gasteiger partial charge on any atom is 0.0573 e. The minimum Gasteiger partial charge on any atom is -0.354 e. The summed E-state index contributed by atoms with van der Waals surface area (Å²) in [6.07, 6.45) is 8.45. The van der Waals surface area contributed by atoms with Crippen molar-refractivity contribution in [2.24, 2.45) is 0 Å². The van der Waals surface area contributed by atoms with E-state index in [9.17, 15) is 0 Å². The molecule has 0 aliphatic rings. The largest absolute Gasteiger partial charge is 0.354 e. The molecule has 0 bridgehead atoms. The molecule has 0 radical (unpaired) electrons. The van der Waals surface area contributed by atoms with Crippen molar-refractivity contribution in [2.75, 3.05) is 0 Å². The fraction of sp³-hybridized carbons (Fsp3) is 0.438. The van der Waals surface area contributed by atoms with Crippen molar-refractivity contribution in [1.82, 2.24) is 14.9 Å². The van der Waals surface area contributed by atoms with Gasteiger partial charge in [-0.2, -0.15) is 0 Å². The fourth-order valence-corrected chi connectivity index (χ4v) is 2.27. The third-order valence-corrected chi connectivity index (χ3v) is 3.28. The minimum atomic E-state index is 0.836. The molecule has 0 aromatic carbocycles. The van der Waals surface area contributed by atoms with E-state index in [1.807, 2.05) is 12.3 Å². The Morgan fingerprint density at radius 2 is 2.11 bits per heavy atom. The molecule has 1 N–H and O–H groups in total. The first-order valence-corrected chi connectivity index (χ1v) is 7.11. The summed E-state index contributed by atoms with van der Waals surface area (Å²) < 4.78 is 2.25. The van der Waals surface area contributed by atoms with Crippen LogP contribution >= 0.6 is 0 Å². The molecule has 0 saturated carbocycles. The van der Waals surface area contributed by atoms with E-state index < -0.39 is 0 Å². The van der Waals surface area contributed by atoms with Gasteiger partial charge in [-0.25, -0.2) is 0 Å². The molecule has 0 aliphatic carbocycles. The second-order valence-corrected chi connectivity index (χ2v) is 4.82. The Morgan fingerprint density at radius 1 is 1.21 bits per heavy atom. The zero-order valence-corrected chi connectivity index (χ0v) is 11.9. The zero-order valence-electron chi connectivity index (χ0n) is 11.9. The van der Waals surface area contributed by atoms with E-state index in [1.54, 1.807) is 0 Å². The van der Waals surface area contributed by atoms with Gasteiger partial charge in [0.25, 0.3) is 0 Å². The van der Waals surface area contributed by atoms with Crippen LogP contribution in [0, 0.1) is 0 Å². The van der Waals surface area contributed by atoms with Gasteiger partial charge in [-0.15, -0.1) is 0 Å². The summed E-state index contributed by atoms with van der Waals surface area (Å²) in [4.78, 5) is 4.45. The van der Waals surface area contributed by atoms with E-state index in [0.29, 0.717) is 0 Å². The number of aryl methyl sites for hydroxylation is 2. The number of hydrogen-bond acceptors (Lipinski definition) is 2. The number of pyridine rings is 1. The maximum atomic E-state index is 4.45. The Morgan fingerprint density at radius 3 is 2.89 bits per heavy atom. The van der Waals surface area contributed by atoms with Crippen LogP contribution in [0.3, 0.4) is 0 Å².